The average Bonchev–Trinajstić information content (AvgIpc) is 3.30. The molecule has 5 N–H and O–H groups in total. The SMILES string of the molecule is C.C.CO[C@H]1C[C@@H]2CC[C@@H](C)[C@@](O)(O2)C(=O)C(=O)N2CCCC[C@H]2C(=O)O[C@H]([C@H](C)C[C@@H]2CC[C@@H](O)[C@H](OC)C2)CC(=O)[C@H](C)/C=C(\C)[C@@H](O)[C@@H](OC)C(=O)[C@H](C)C[C@H](C)/C=C/C=CC=C1C.O=[PH](O)O.[W]. The molecule has 1 amide bonds. The summed E-state index contributed by atoms with van der Waals surface area (Å²) in [6.45, 7) is 12.7. The second-order valence-electron chi connectivity index (χ2n) is 19.9. The van der Waals surface area contributed by atoms with Crippen LogP contribution < -0.4 is 0 Å². The van der Waals surface area contributed by atoms with Gasteiger partial charge in [-0.15, -0.1) is 0 Å². The van der Waals surface area contributed by atoms with Gasteiger partial charge in [0.05, 0.1) is 24.4 Å². The molecule has 2 bridgehead atoms. The number of carbonyl (C=O) groups is 5. The summed E-state index contributed by atoms with van der Waals surface area (Å²) >= 11 is 0. The van der Waals surface area contributed by atoms with Gasteiger partial charge in [0, 0.05) is 79.5 Å². The number of ether oxygens (including phenoxy) is 5. The van der Waals surface area contributed by atoms with Gasteiger partial charge in [-0.1, -0.05) is 85.9 Å². The number of carbonyl (C=O) groups excluding carboxylic acids is 5. The first-order chi connectivity index (χ1) is 32.5. The van der Waals surface area contributed by atoms with E-state index < -0.39 is 92.1 Å². The first-order valence-electron chi connectivity index (χ1n) is 24.6. The fraction of sp³-hybridized carbons (Fsp3) is 0.755. The van der Waals surface area contributed by atoms with Crippen molar-refractivity contribution in [3.63, 3.8) is 0 Å². The number of piperidine rings is 1. The van der Waals surface area contributed by atoms with E-state index in [2.05, 4.69) is 0 Å². The van der Waals surface area contributed by atoms with E-state index in [0.717, 1.165) is 12.0 Å². The molecule has 3 fully saturated rings. The molecule has 0 aromatic heterocycles. The fourth-order valence-electron chi connectivity index (χ4n) is 10.1. The van der Waals surface area contributed by atoms with Crippen molar-refractivity contribution in [3.8, 4) is 0 Å². The Kier molecular flexibility index (Phi) is 32.3. The Bertz CT molecular complexity index is 1870. The molecule has 19 heteroatoms. The van der Waals surface area contributed by atoms with Gasteiger partial charge in [0.1, 0.15) is 30.1 Å². The van der Waals surface area contributed by atoms with Crippen LogP contribution in [0.2, 0.25) is 0 Å². The second-order valence-corrected chi connectivity index (χ2v) is 20.4. The maximum absolute atomic E-state index is 14.4. The number of cyclic esters (lactones) is 1. The average molecular weight is 1210 g/mol. The standard InChI is InChI=1S/C51H79NO13.2CH4.H3O3P.W/c1-30-16-12-11-13-17-31(2)42(61-8)28-38-21-19-36(7)51(60,65-38)48(57)49(58)52-23-15-14-18-39(52)50(59)64-43(33(4)26-37-20-22-40(53)44(27-37)62-9)29-41(54)32(3)25-35(6)46(56)47(63-10)45(55)34(5)24-30;;;1-4(2)3;/h11-13,16-17,25,30,32-34,36-40,42-44,46-47,53,56,60H,14-15,18-24,26-29H2,1-10H3;2*1H4;4H,(H2,1,2,3);/b13-11?,16-12+,31-17?,35-25+;;;;/t30-,32-,33-,34-,36-,37+,38+,39+,40-,42+,43+,44-,46-,47+,51-;;;;/m1..../s1. The molecule has 0 aromatic carbocycles. The number of aliphatic hydroxyl groups is 3. The largest absolute Gasteiger partial charge is 0.460 e. The van der Waals surface area contributed by atoms with E-state index in [1.807, 2.05) is 58.1 Å². The number of Topliss-reactive ketones (excluding diaryl/α,β-unsaturated/α-hetero) is 3. The molecule has 1 saturated carbocycles. The monoisotopic (exact) mass is 1210 g/mol. The minimum absolute atomic E-state index is 0. The van der Waals surface area contributed by atoms with E-state index in [9.17, 15) is 39.3 Å². The molecule has 1 aliphatic carbocycles. The molecule has 4 aliphatic rings. The van der Waals surface area contributed by atoms with Crippen LogP contribution in [0, 0.1) is 35.5 Å². The second kappa shape index (κ2) is 33.5. The van der Waals surface area contributed by atoms with Crippen LogP contribution in [0.3, 0.4) is 0 Å². The maximum Gasteiger partial charge on any atom is 0.329 e. The molecule has 72 heavy (non-hydrogen) atoms. The van der Waals surface area contributed by atoms with Crippen molar-refractivity contribution < 1.29 is 98.4 Å². The number of rotatable bonds is 6. The Morgan fingerprint density at radius 3 is 2.11 bits per heavy atom. The molecule has 4 rings (SSSR count). The number of fused-ring (bicyclic) bond motifs is 3. The number of allylic oxidation sites excluding steroid dienone is 6. The topological polar surface area (TPSA) is 253 Å². The summed E-state index contributed by atoms with van der Waals surface area (Å²) < 4.78 is 38.1. The number of nitrogens with zero attached hydrogens (tertiary/aromatic N) is 1. The fourth-order valence-corrected chi connectivity index (χ4v) is 10.1. The van der Waals surface area contributed by atoms with Crippen LogP contribution in [0.4, 0.5) is 0 Å². The van der Waals surface area contributed by atoms with Crippen LogP contribution in [0.25, 0.3) is 0 Å². The molecular weight excluding hydrogens is 1120 g/mol. The first-order valence-corrected chi connectivity index (χ1v) is 25.9. The Morgan fingerprint density at radius 2 is 1.50 bits per heavy atom. The summed E-state index contributed by atoms with van der Waals surface area (Å²) in [7, 11) is 1.39. The summed E-state index contributed by atoms with van der Waals surface area (Å²) in [5, 5.41) is 33.8. The Hall–Kier alpha value is -2.53. The number of hydrogen-bond acceptors (Lipinski definition) is 14. The third-order valence-corrected chi connectivity index (χ3v) is 14.5. The number of aliphatic hydroxyl groups excluding tert-OH is 2. The van der Waals surface area contributed by atoms with Crippen molar-refractivity contribution >= 4 is 37.5 Å². The predicted octanol–water partition coefficient (Wildman–Crippen LogP) is 6.81. The number of hydrogen-bond donors (Lipinski definition) is 5. The molecule has 15 atom stereocenters. The van der Waals surface area contributed by atoms with E-state index in [4.69, 9.17) is 38.0 Å². The van der Waals surface area contributed by atoms with E-state index in [0.29, 0.717) is 63.4 Å². The number of amides is 1. The third kappa shape index (κ3) is 20.2. The Labute approximate surface area is 444 Å². The number of methoxy groups -OCH3 is 3. The van der Waals surface area contributed by atoms with Crippen molar-refractivity contribution in [3.05, 3.63) is 47.6 Å². The zero-order valence-corrected chi connectivity index (χ0v) is 46.8. The summed E-state index contributed by atoms with van der Waals surface area (Å²) in [6.07, 6.45) is 11.2. The molecule has 0 unspecified atom stereocenters. The zero-order valence-electron chi connectivity index (χ0n) is 42.8. The van der Waals surface area contributed by atoms with Crippen LogP contribution in [-0.2, 0) is 73.3 Å². The molecular formula is C53H90NO16PW. The van der Waals surface area contributed by atoms with Crippen LogP contribution in [0.1, 0.15) is 140 Å². The normalized spacial score (nSPS) is 35.8. The van der Waals surface area contributed by atoms with Gasteiger partial charge in [-0.3, -0.25) is 23.7 Å². The molecule has 2 saturated heterocycles. The minimum Gasteiger partial charge on any atom is -0.460 e. The van der Waals surface area contributed by atoms with Crippen molar-refractivity contribution in [2.75, 3.05) is 27.9 Å². The van der Waals surface area contributed by atoms with E-state index >= 15 is 0 Å². The van der Waals surface area contributed by atoms with Crippen molar-refractivity contribution in [2.45, 2.75) is 195 Å². The van der Waals surface area contributed by atoms with Gasteiger partial charge in [0.15, 0.2) is 5.78 Å². The molecule has 3 aliphatic heterocycles. The van der Waals surface area contributed by atoms with Gasteiger partial charge >= 0.3 is 14.2 Å². The maximum atomic E-state index is 14.4. The molecule has 0 aromatic rings. The molecule has 0 spiro atoms. The van der Waals surface area contributed by atoms with Crippen molar-refractivity contribution in [1.29, 1.82) is 0 Å². The van der Waals surface area contributed by atoms with Gasteiger partial charge in [-0.05, 0) is 107 Å². The molecule has 3 heterocycles. The van der Waals surface area contributed by atoms with E-state index in [1.54, 1.807) is 41.1 Å². The first kappa shape index (κ1) is 69.5. The number of ketones is 3. The van der Waals surface area contributed by atoms with Crippen molar-refractivity contribution in [2.24, 2.45) is 35.5 Å². The Balaban J connectivity index is 0.00000693. The minimum atomic E-state index is -3.13. The van der Waals surface area contributed by atoms with E-state index in [1.165, 1.54) is 12.0 Å². The van der Waals surface area contributed by atoms with Gasteiger partial charge in [0.25, 0.3) is 11.7 Å². The molecule has 17 nitrogen and oxygen atoms in total. The summed E-state index contributed by atoms with van der Waals surface area (Å²) in [4.78, 5) is 86.1. The van der Waals surface area contributed by atoms with Gasteiger partial charge in [0.2, 0.25) is 5.79 Å². The third-order valence-electron chi connectivity index (χ3n) is 14.5. The quantitative estimate of drug-likeness (QED) is 0.0793. The predicted molar refractivity (Wildman–Crippen MR) is 272 cm³/mol. The number of esters is 1. The van der Waals surface area contributed by atoms with Crippen LogP contribution >= 0.6 is 8.25 Å². The van der Waals surface area contributed by atoms with Gasteiger partial charge < -0.3 is 53.7 Å². The van der Waals surface area contributed by atoms with E-state index in [-0.39, 0.29) is 90.7 Å². The van der Waals surface area contributed by atoms with Crippen LogP contribution in [0.5, 0.6) is 0 Å². The zero-order chi connectivity index (χ0) is 51.7. The molecule has 414 valence electrons. The van der Waals surface area contributed by atoms with Crippen molar-refractivity contribution in [1.82, 2.24) is 4.90 Å². The van der Waals surface area contributed by atoms with Gasteiger partial charge in [-0.2, -0.15) is 0 Å². The smallest absolute Gasteiger partial charge is 0.329 e. The molecule has 0 radical (unpaired) electrons. The summed E-state index contributed by atoms with van der Waals surface area (Å²) in [5.74, 6) is -7.96. The summed E-state index contributed by atoms with van der Waals surface area (Å²) in [6, 6.07) is -1.14. The van der Waals surface area contributed by atoms with Crippen LogP contribution in [-0.4, -0.2) is 142 Å². The Morgan fingerprint density at radius 1 is 0.847 bits per heavy atom. The summed E-state index contributed by atoms with van der Waals surface area (Å²) in [5.41, 5.74) is 1.27. The van der Waals surface area contributed by atoms with Crippen LogP contribution in [0.15, 0.2) is 47.6 Å². The van der Waals surface area contributed by atoms with Gasteiger partial charge in [-0.25, -0.2) is 4.79 Å².